The van der Waals surface area contributed by atoms with Gasteiger partial charge < -0.3 is 9.47 Å². The first-order valence-electron chi connectivity index (χ1n) is 16.3. The Morgan fingerprint density at radius 2 is 1.38 bits per heavy atom. The standard InChI is InChI=1S/C38H38O4/c39-36(32-18-31-27-11-3-5-13-29(27)34(32)30-14-6-4-12-28(30)31)42-35-24-16-22-17-25(35)21-38(19-22,20-24)37(40)41-33-15-7-9-23-8-1-2-10-26(23)33/h3-7,9,11-15,22,24-25,31-32,34-35H,1-2,8,10,16-21H2. The normalized spacial score (nSPS) is 34.7. The van der Waals surface area contributed by atoms with Crippen LogP contribution in [0.2, 0.25) is 0 Å². The number of carbonyl (C=O) groups is 2. The molecule has 0 aromatic heterocycles. The molecule has 6 bridgehead atoms. The van der Waals surface area contributed by atoms with E-state index < -0.39 is 5.41 Å². The minimum Gasteiger partial charge on any atom is -0.462 e. The van der Waals surface area contributed by atoms with Crippen LogP contribution in [0.4, 0.5) is 0 Å². The molecule has 42 heavy (non-hydrogen) atoms. The molecule has 0 N–H and O–H groups in total. The van der Waals surface area contributed by atoms with Crippen molar-refractivity contribution in [2.45, 2.75) is 82.1 Å². The highest BCUT2D eigenvalue weighted by atomic mass is 16.5. The maximum Gasteiger partial charge on any atom is 0.317 e. The molecular formula is C38H38O4. The lowest BCUT2D eigenvalue weighted by Gasteiger charge is -2.58. The topological polar surface area (TPSA) is 52.6 Å². The number of rotatable bonds is 4. The Balaban J connectivity index is 0.954. The van der Waals surface area contributed by atoms with Crippen LogP contribution in [-0.2, 0) is 27.2 Å². The van der Waals surface area contributed by atoms with E-state index in [0.29, 0.717) is 5.92 Å². The number of fused-ring (bicyclic) bond motifs is 2. The number of benzene rings is 3. The summed E-state index contributed by atoms with van der Waals surface area (Å²) in [5, 5.41) is 0. The number of hydrogen-bond acceptors (Lipinski definition) is 4. The fraction of sp³-hybridized carbons (Fsp3) is 0.474. The molecule has 3 aromatic rings. The summed E-state index contributed by atoms with van der Waals surface area (Å²) in [5.74, 6) is 1.89. The fourth-order valence-corrected chi connectivity index (χ4v) is 10.6. The van der Waals surface area contributed by atoms with Gasteiger partial charge in [-0.3, -0.25) is 9.59 Å². The molecule has 0 radical (unpaired) electrons. The molecule has 0 heterocycles. The van der Waals surface area contributed by atoms with Crippen molar-refractivity contribution in [1.82, 2.24) is 0 Å². The predicted molar refractivity (Wildman–Crippen MR) is 159 cm³/mol. The lowest BCUT2D eigenvalue weighted by atomic mass is 9.48. The van der Waals surface area contributed by atoms with Gasteiger partial charge in [0.05, 0.1) is 11.3 Å². The van der Waals surface area contributed by atoms with Crippen molar-refractivity contribution in [2.75, 3.05) is 0 Å². The van der Waals surface area contributed by atoms with E-state index in [-0.39, 0.29) is 47.6 Å². The number of esters is 2. The van der Waals surface area contributed by atoms with Gasteiger partial charge >= 0.3 is 11.9 Å². The van der Waals surface area contributed by atoms with Crippen LogP contribution in [0.1, 0.15) is 96.6 Å². The molecular weight excluding hydrogens is 520 g/mol. The van der Waals surface area contributed by atoms with Crippen molar-refractivity contribution in [3.8, 4) is 5.75 Å². The molecule has 3 unspecified atom stereocenters. The number of carbonyl (C=O) groups excluding carboxylic acids is 2. The molecule has 4 heteroatoms. The first kappa shape index (κ1) is 25.1. The van der Waals surface area contributed by atoms with Crippen LogP contribution in [0.3, 0.4) is 0 Å². The Hall–Kier alpha value is -3.40. The Morgan fingerprint density at radius 1 is 0.714 bits per heavy atom. The van der Waals surface area contributed by atoms with Crippen molar-refractivity contribution in [3.05, 3.63) is 100 Å². The van der Waals surface area contributed by atoms with E-state index in [1.807, 2.05) is 12.1 Å². The lowest BCUT2D eigenvalue weighted by Crippen LogP contribution is -2.58. The maximum atomic E-state index is 14.1. The van der Waals surface area contributed by atoms with Crippen LogP contribution in [0.5, 0.6) is 5.75 Å². The van der Waals surface area contributed by atoms with E-state index in [2.05, 4.69) is 54.6 Å². The maximum absolute atomic E-state index is 14.1. The highest BCUT2D eigenvalue weighted by molar-refractivity contribution is 5.81. The molecule has 0 amide bonds. The second-order valence-corrected chi connectivity index (χ2v) is 14.3. The lowest BCUT2D eigenvalue weighted by molar-refractivity contribution is -0.194. The zero-order valence-corrected chi connectivity index (χ0v) is 24.1. The number of ether oxygens (including phenoxy) is 2. The molecule has 0 aliphatic heterocycles. The van der Waals surface area contributed by atoms with Gasteiger partial charge in [0.2, 0.25) is 0 Å². The molecule has 0 spiro atoms. The minimum atomic E-state index is -0.432. The van der Waals surface area contributed by atoms with Gasteiger partial charge in [0.1, 0.15) is 11.9 Å². The molecule has 4 saturated carbocycles. The third-order valence-electron chi connectivity index (χ3n) is 12.0. The smallest absolute Gasteiger partial charge is 0.317 e. The van der Waals surface area contributed by atoms with E-state index in [0.717, 1.165) is 63.5 Å². The quantitative estimate of drug-likeness (QED) is 0.246. The highest BCUT2D eigenvalue weighted by Gasteiger charge is 2.61. The van der Waals surface area contributed by atoms with Crippen LogP contribution in [0.15, 0.2) is 66.7 Å². The molecule has 4 nitrogen and oxygen atoms in total. The van der Waals surface area contributed by atoms with E-state index in [1.165, 1.54) is 39.8 Å². The molecule has 8 aliphatic carbocycles. The molecule has 214 valence electrons. The second kappa shape index (κ2) is 9.30. The third-order valence-corrected chi connectivity index (χ3v) is 12.0. The number of hydrogen-bond donors (Lipinski definition) is 0. The Morgan fingerprint density at radius 3 is 2.10 bits per heavy atom. The second-order valence-electron chi connectivity index (χ2n) is 14.3. The van der Waals surface area contributed by atoms with Gasteiger partial charge in [-0.05, 0) is 121 Å². The first-order valence-corrected chi connectivity index (χ1v) is 16.3. The van der Waals surface area contributed by atoms with Gasteiger partial charge in [0.25, 0.3) is 0 Å². The van der Waals surface area contributed by atoms with Crippen LogP contribution >= 0.6 is 0 Å². The van der Waals surface area contributed by atoms with Gasteiger partial charge in [-0.15, -0.1) is 0 Å². The van der Waals surface area contributed by atoms with Gasteiger partial charge in [-0.25, -0.2) is 0 Å². The largest absolute Gasteiger partial charge is 0.462 e. The fourth-order valence-electron chi connectivity index (χ4n) is 10.6. The summed E-state index contributed by atoms with van der Waals surface area (Å²) in [5.41, 5.74) is 7.48. The average Bonchev–Trinajstić information content (AvgIpc) is 3.02. The molecule has 11 rings (SSSR count). The summed E-state index contributed by atoms with van der Waals surface area (Å²) in [6.07, 6.45) is 9.80. The monoisotopic (exact) mass is 558 g/mol. The van der Waals surface area contributed by atoms with Crippen LogP contribution < -0.4 is 4.74 Å². The van der Waals surface area contributed by atoms with E-state index in [4.69, 9.17) is 9.47 Å². The first-order chi connectivity index (χ1) is 20.6. The molecule has 8 aliphatic rings. The van der Waals surface area contributed by atoms with Crippen molar-refractivity contribution < 1.29 is 19.1 Å². The Bertz CT molecular complexity index is 1540. The Kier molecular flexibility index (Phi) is 5.56. The van der Waals surface area contributed by atoms with E-state index >= 15 is 0 Å². The van der Waals surface area contributed by atoms with Gasteiger partial charge in [0.15, 0.2) is 0 Å². The summed E-state index contributed by atoms with van der Waals surface area (Å²) >= 11 is 0. The summed E-state index contributed by atoms with van der Waals surface area (Å²) < 4.78 is 12.8. The van der Waals surface area contributed by atoms with Crippen LogP contribution in [0, 0.1) is 29.1 Å². The molecule has 3 atom stereocenters. The van der Waals surface area contributed by atoms with Gasteiger partial charge in [-0.1, -0.05) is 60.7 Å². The Labute approximate surface area is 247 Å². The predicted octanol–water partition coefficient (Wildman–Crippen LogP) is 7.51. The summed E-state index contributed by atoms with van der Waals surface area (Å²) in [6, 6.07) is 23.6. The van der Waals surface area contributed by atoms with E-state index in [1.54, 1.807) is 0 Å². The summed E-state index contributed by atoms with van der Waals surface area (Å²) in [4.78, 5) is 28.0. The minimum absolute atomic E-state index is 0.0287. The van der Waals surface area contributed by atoms with Crippen molar-refractivity contribution in [1.29, 1.82) is 0 Å². The van der Waals surface area contributed by atoms with Crippen LogP contribution in [-0.4, -0.2) is 18.0 Å². The molecule has 3 aromatic carbocycles. The average molecular weight is 559 g/mol. The highest BCUT2D eigenvalue weighted by Crippen LogP contribution is 2.62. The number of aryl methyl sites for hydroxylation is 1. The van der Waals surface area contributed by atoms with Crippen molar-refractivity contribution >= 4 is 11.9 Å². The summed E-state index contributed by atoms with van der Waals surface area (Å²) in [6.45, 7) is 0. The summed E-state index contributed by atoms with van der Waals surface area (Å²) in [7, 11) is 0. The van der Waals surface area contributed by atoms with Gasteiger partial charge in [-0.2, -0.15) is 0 Å². The van der Waals surface area contributed by atoms with Crippen molar-refractivity contribution in [2.24, 2.45) is 29.1 Å². The van der Waals surface area contributed by atoms with Gasteiger partial charge in [0, 0.05) is 11.8 Å². The van der Waals surface area contributed by atoms with Crippen LogP contribution in [0.25, 0.3) is 0 Å². The SMILES string of the molecule is O=C(OC1C2CC3CC1CC(C(=O)Oc1cccc4c1CCCC4)(C3)C2)C1CC2c3ccccc3C1c1ccccc12. The zero-order valence-electron chi connectivity index (χ0n) is 24.1. The third kappa shape index (κ3) is 3.66. The van der Waals surface area contributed by atoms with E-state index in [9.17, 15) is 9.59 Å². The molecule has 4 fully saturated rings. The molecule has 0 saturated heterocycles. The van der Waals surface area contributed by atoms with Crippen molar-refractivity contribution in [3.63, 3.8) is 0 Å². The zero-order chi connectivity index (χ0) is 28.0.